The van der Waals surface area contributed by atoms with Crippen LogP contribution in [0.5, 0.6) is 0 Å². The average molecular weight is 301 g/mol. The van der Waals surface area contributed by atoms with E-state index in [1.807, 2.05) is 16.8 Å². The van der Waals surface area contributed by atoms with Gasteiger partial charge in [-0.2, -0.15) is 16.6 Å². The molecule has 2 heterocycles. The minimum Gasteiger partial charge on any atom is -0.441 e. The van der Waals surface area contributed by atoms with Crippen molar-refractivity contribution in [3.63, 3.8) is 0 Å². The van der Waals surface area contributed by atoms with Gasteiger partial charge in [-0.3, -0.25) is 4.79 Å². The molecule has 0 bridgehead atoms. The Morgan fingerprint density at radius 3 is 3.00 bits per heavy atom. The van der Waals surface area contributed by atoms with Crippen molar-refractivity contribution >= 4 is 17.2 Å². The summed E-state index contributed by atoms with van der Waals surface area (Å²) in [5.41, 5.74) is 0.883. The minimum atomic E-state index is -0.662. The Hall–Kier alpha value is -2.13. The normalized spacial score (nSPS) is 16.0. The van der Waals surface area contributed by atoms with Crippen LogP contribution in [0.1, 0.15) is 30.7 Å². The third-order valence-corrected chi connectivity index (χ3v) is 4.47. The number of nitrogens with one attached hydrogen (secondary N) is 1. The van der Waals surface area contributed by atoms with E-state index < -0.39 is 5.54 Å². The van der Waals surface area contributed by atoms with Gasteiger partial charge >= 0.3 is 0 Å². The first-order chi connectivity index (χ1) is 10.1. The third kappa shape index (κ3) is 2.69. The summed E-state index contributed by atoms with van der Waals surface area (Å²) in [5, 5.41) is 15.9. The zero-order valence-electron chi connectivity index (χ0n) is 11.7. The predicted octanol–water partition coefficient (Wildman–Crippen LogP) is 2.82. The van der Waals surface area contributed by atoms with Crippen LogP contribution in [0.25, 0.3) is 11.5 Å². The van der Waals surface area contributed by atoms with Gasteiger partial charge in [-0.25, -0.2) is 4.98 Å². The van der Waals surface area contributed by atoms with Gasteiger partial charge in [0.05, 0.1) is 18.2 Å². The van der Waals surface area contributed by atoms with Crippen molar-refractivity contribution in [3.05, 3.63) is 28.3 Å². The molecule has 1 saturated carbocycles. The number of oxazole rings is 1. The van der Waals surface area contributed by atoms with E-state index in [0.717, 1.165) is 24.8 Å². The molecule has 2 aromatic heterocycles. The molecule has 6 heteroatoms. The van der Waals surface area contributed by atoms with Crippen LogP contribution in [-0.2, 0) is 11.2 Å². The summed E-state index contributed by atoms with van der Waals surface area (Å²) < 4.78 is 5.61. The van der Waals surface area contributed by atoms with Crippen molar-refractivity contribution < 1.29 is 9.21 Å². The number of hydrogen-bond acceptors (Lipinski definition) is 5. The van der Waals surface area contributed by atoms with Crippen LogP contribution in [0.2, 0.25) is 0 Å². The lowest BCUT2D eigenvalue weighted by Gasteiger charge is -2.35. The summed E-state index contributed by atoms with van der Waals surface area (Å²) in [7, 11) is 0. The van der Waals surface area contributed by atoms with Gasteiger partial charge in [0.1, 0.15) is 11.3 Å². The largest absolute Gasteiger partial charge is 0.441 e. The van der Waals surface area contributed by atoms with E-state index in [1.165, 1.54) is 0 Å². The maximum atomic E-state index is 12.1. The van der Waals surface area contributed by atoms with Gasteiger partial charge in [-0.15, -0.1) is 0 Å². The summed E-state index contributed by atoms with van der Waals surface area (Å²) in [6, 6.07) is 4.13. The molecule has 0 atom stereocenters. The molecule has 21 heavy (non-hydrogen) atoms. The van der Waals surface area contributed by atoms with Crippen molar-refractivity contribution in [3.8, 4) is 17.5 Å². The highest BCUT2D eigenvalue weighted by Crippen LogP contribution is 2.31. The van der Waals surface area contributed by atoms with E-state index in [-0.39, 0.29) is 12.3 Å². The van der Waals surface area contributed by atoms with Crippen molar-refractivity contribution in [1.29, 1.82) is 5.26 Å². The second-order valence-corrected chi connectivity index (χ2v) is 6.09. The van der Waals surface area contributed by atoms with Crippen LogP contribution in [0.4, 0.5) is 0 Å². The number of carbonyl (C=O) groups is 1. The molecule has 1 fully saturated rings. The number of thiophene rings is 1. The highest BCUT2D eigenvalue weighted by atomic mass is 32.1. The fourth-order valence-electron chi connectivity index (χ4n) is 2.36. The summed E-state index contributed by atoms with van der Waals surface area (Å²) in [5.74, 6) is 1.01. The molecule has 0 saturated heterocycles. The van der Waals surface area contributed by atoms with Gasteiger partial charge in [-0.05, 0) is 37.6 Å². The van der Waals surface area contributed by atoms with E-state index >= 15 is 0 Å². The van der Waals surface area contributed by atoms with E-state index in [0.29, 0.717) is 17.3 Å². The van der Waals surface area contributed by atoms with E-state index in [1.54, 1.807) is 18.3 Å². The fraction of sp³-hybridized carbons (Fsp3) is 0.400. The number of nitrogens with zero attached hydrogens (tertiary/aromatic N) is 2. The van der Waals surface area contributed by atoms with Crippen molar-refractivity contribution in [2.75, 3.05) is 0 Å². The molecule has 1 N–H and O–H groups in total. The van der Waals surface area contributed by atoms with E-state index in [2.05, 4.69) is 16.4 Å². The van der Waals surface area contributed by atoms with Gasteiger partial charge in [0.25, 0.3) is 0 Å². The van der Waals surface area contributed by atoms with Crippen LogP contribution in [0.3, 0.4) is 0 Å². The Labute approximate surface area is 126 Å². The molecule has 0 spiro atoms. The Morgan fingerprint density at radius 2 is 2.43 bits per heavy atom. The zero-order valence-corrected chi connectivity index (χ0v) is 12.5. The molecule has 1 aliphatic rings. The van der Waals surface area contributed by atoms with Crippen molar-refractivity contribution in [1.82, 2.24) is 10.3 Å². The standard InChI is InChI=1S/C15H15N3O2S/c1-10-12(17-14(20-10)11-3-6-21-8-11)7-13(19)18-15(9-16)4-2-5-15/h3,6,8H,2,4-5,7H2,1H3,(H,18,19). The van der Waals surface area contributed by atoms with Crippen LogP contribution in [0, 0.1) is 18.3 Å². The molecule has 0 radical (unpaired) electrons. The topological polar surface area (TPSA) is 78.9 Å². The Bertz CT molecular complexity index is 693. The predicted molar refractivity (Wildman–Crippen MR) is 78.6 cm³/mol. The smallest absolute Gasteiger partial charge is 0.227 e. The number of rotatable bonds is 4. The van der Waals surface area contributed by atoms with Gasteiger partial charge in [0.15, 0.2) is 0 Å². The van der Waals surface area contributed by atoms with Crippen molar-refractivity contribution in [2.24, 2.45) is 0 Å². The molecule has 3 rings (SSSR count). The van der Waals surface area contributed by atoms with Gasteiger partial charge in [0.2, 0.25) is 11.8 Å². The molecule has 1 amide bonds. The number of hydrogen-bond donors (Lipinski definition) is 1. The number of carbonyl (C=O) groups excluding carboxylic acids is 1. The van der Waals surface area contributed by atoms with Gasteiger partial charge in [-0.1, -0.05) is 0 Å². The first-order valence-corrected chi connectivity index (χ1v) is 7.77. The van der Waals surface area contributed by atoms with Crippen LogP contribution in [-0.4, -0.2) is 16.4 Å². The Kier molecular flexibility index (Phi) is 3.52. The summed E-state index contributed by atoms with van der Waals surface area (Å²) in [4.78, 5) is 16.5. The quantitative estimate of drug-likeness (QED) is 0.941. The van der Waals surface area contributed by atoms with Crippen LogP contribution >= 0.6 is 11.3 Å². The third-order valence-electron chi connectivity index (χ3n) is 3.79. The lowest BCUT2D eigenvalue weighted by molar-refractivity contribution is -0.122. The highest BCUT2D eigenvalue weighted by Gasteiger charge is 2.38. The first kappa shape index (κ1) is 13.8. The molecule has 2 aromatic rings. The second-order valence-electron chi connectivity index (χ2n) is 5.31. The number of aryl methyl sites for hydroxylation is 1. The number of nitriles is 1. The van der Waals surface area contributed by atoms with Crippen LogP contribution < -0.4 is 5.32 Å². The molecular weight excluding hydrogens is 286 g/mol. The molecule has 5 nitrogen and oxygen atoms in total. The second kappa shape index (κ2) is 5.34. The average Bonchev–Trinajstić information content (AvgIpc) is 3.04. The first-order valence-electron chi connectivity index (χ1n) is 6.83. The lowest BCUT2D eigenvalue weighted by Crippen LogP contribution is -2.52. The molecule has 0 unspecified atom stereocenters. The maximum absolute atomic E-state index is 12.1. The highest BCUT2D eigenvalue weighted by molar-refractivity contribution is 7.08. The fourth-order valence-corrected chi connectivity index (χ4v) is 2.99. The van der Waals surface area contributed by atoms with E-state index in [4.69, 9.17) is 9.68 Å². The minimum absolute atomic E-state index is 0.142. The Morgan fingerprint density at radius 1 is 1.62 bits per heavy atom. The molecular formula is C15H15N3O2S. The van der Waals surface area contributed by atoms with Gasteiger partial charge < -0.3 is 9.73 Å². The molecule has 1 aliphatic carbocycles. The molecule has 108 valence electrons. The number of amides is 1. The SMILES string of the molecule is Cc1oc(-c2ccsc2)nc1CC(=O)NC1(C#N)CCC1. The molecule has 0 aliphatic heterocycles. The zero-order chi connectivity index (χ0) is 14.9. The summed E-state index contributed by atoms with van der Waals surface area (Å²) in [6.07, 6.45) is 2.59. The monoisotopic (exact) mass is 301 g/mol. The van der Waals surface area contributed by atoms with Crippen molar-refractivity contribution in [2.45, 2.75) is 38.1 Å². The Balaban J connectivity index is 1.70. The summed E-state index contributed by atoms with van der Waals surface area (Å²) >= 11 is 1.57. The van der Waals surface area contributed by atoms with Gasteiger partial charge in [0, 0.05) is 10.9 Å². The van der Waals surface area contributed by atoms with Crippen LogP contribution in [0.15, 0.2) is 21.2 Å². The van der Waals surface area contributed by atoms with E-state index in [9.17, 15) is 4.79 Å². The number of aromatic nitrogens is 1. The lowest BCUT2D eigenvalue weighted by atomic mass is 9.78. The maximum Gasteiger partial charge on any atom is 0.227 e. The molecule has 0 aromatic carbocycles. The summed E-state index contributed by atoms with van der Waals surface area (Å²) in [6.45, 7) is 1.80.